The highest BCUT2D eigenvalue weighted by Gasteiger charge is 2.32. The summed E-state index contributed by atoms with van der Waals surface area (Å²) >= 11 is 0. The summed E-state index contributed by atoms with van der Waals surface area (Å²) in [6, 6.07) is 18.8. The van der Waals surface area contributed by atoms with E-state index in [-0.39, 0.29) is 35.1 Å². The van der Waals surface area contributed by atoms with Crippen LogP contribution in [0.4, 0.5) is 5.69 Å². The first kappa shape index (κ1) is 19.4. The molecule has 0 saturated carbocycles. The highest BCUT2D eigenvalue weighted by Crippen LogP contribution is 2.25. The fourth-order valence-electron chi connectivity index (χ4n) is 3.76. The Kier molecular flexibility index (Phi) is 5.85. The predicted octanol–water partition coefficient (Wildman–Crippen LogP) is 2.98. The van der Waals surface area contributed by atoms with E-state index in [2.05, 4.69) is 30.9 Å². The van der Waals surface area contributed by atoms with Crippen LogP contribution in [-0.4, -0.2) is 50.2 Å². The number of carbonyl (C=O) groups is 1. The monoisotopic (exact) mass is 386 g/mol. The Morgan fingerprint density at radius 3 is 2.00 bits per heavy atom. The Morgan fingerprint density at radius 2 is 1.44 bits per heavy atom. The van der Waals surface area contributed by atoms with Gasteiger partial charge in [0.05, 0.1) is 10.6 Å². The molecule has 1 aliphatic heterocycles. The normalized spacial score (nSPS) is 20.5. The van der Waals surface area contributed by atoms with Crippen LogP contribution >= 0.6 is 0 Å². The van der Waals surface area contributed by atoms with Crippen molar-refractivity contribution in [2.75, 3.05) is 23.7 Å². The van der Waals surface area contributed by atoms with Crippen molar-refractivity contribution in [3.05, 3.63) is 60.7 Å². The third-order valence-electron chi connectivity index (χ3n) is 5.01. The Balaban J connectivity index is 1.62. The standard InChI is InChI=1S/C21H26N2O3S/c1-17-15-22(16-18(2)23(17)19-9-5-3-6-10-19)21(24)13-14-27(25,26)20-11-7-4-8-12-20/h3-12,17-18H,13-16H2,1-2H3. The van der Waals surface area contributed by atoms with Crippen LogP contribution in [0.1, 0.15) is 20.3 Å². The van der Waals surface area contributed by atoms with Gasteiger partial charge in [0.15, 0.2) is 9.84 Å². The lowest BCUT2D eigenvalue weighted by atomic mass is 10.1. The molecule has 0 aliphatic carbocycles. The van der Waals surface area contributed by atoms with Crippen molar-refractivity contribution in [1.82, 2.24) is 4.90 Å². The van der Waals surface area contributed by atoms with E-state index in [0.717, 1.165) is 5.69 Å². The number of rotatable bonds is 5. The van der Waals surface area contributed by atoms with Gasteiger partial charge in [0.25, 0.3) is 0 Å². The first-order valence-corrected chi connectivity index (χ1v) is 10.9. The molecule has 144 valence electrons. The highest BCUT2D eigenvalue weighted by atomic mass is 32.2. The molecule has 0 spiro atoms. The summed E-state index contributed by atoms with van der Waals surface area (Å²) in [6.45, 7) is 5.40. The van der Waals surface area contributed by atoms with Crippen molar-refractivity contribution in [1.29, 1.82) is 0 Å². The lowest BCUT2D eigenvalue weighted by Gasteiger charge is -2.46. The Morgan fingerprint density at radius 1 is 0.926 bits per heavy atom. The second kappa shape index (κ2) is 8.13. The number of piperazine rings is 1. The van der Waals surface area contributed by atoms with Crippen LogP contribution in [0.2, 0.25) is 0 Å². The van der Waals surface area contributed by atoms with E-state index in [1.807, 2.05) is 18.2 Å². The first-order chi connectivity index (χ1) is 12.9. The van der Waals surface area contributed by atoms with Crippen LogP contribution in [0.3, 0.4) is 0 Å². The van der Waals surface area contributed by atoms with Gasteiger partial charge >= 0.3 is 0 Å². The van der Waals surface area contributed by atoms with Crippen molar-refractivity contribution in [2.24, 2.45) is 0 Å². The summed E-state index contributed by atoms with van der Waals surface area (Å²) in [5.74, 6) is -0.252. The molecular formula is C21H26N2O3S. The minimum Gasteiger partial charge on any atom is -0.363 e. The highest BCUT2D eigenvalue weighted by molar-refractivity contribution is 7.91. The molecule has 2 atom stereocenters. The Labute approximate surface area is 161 Å². The number of benzene rings is 2. The topological polar surface area (TPSA) is 57.7 Å². The molecule has 2 unspecified atom stereocenters. The summed E-state index contributed by atoms with van der Waals surface area (Å²) < 4.78 is 24.8. The van der Waals surface area contributed by atoms with Crippen molar-refractivity contribution in [3.63, 3.8) is 0 Å². The quantitative estimate of drug-likeness (QED) is 0.793. The van der Waals surface area contributed by atoms with E-state index in [0.29, 0.717) is 13.1 Å². The fourth-order valence-corrected chi connectivity index (χ4v) is 5.01. The summed E-state index contributed by atoms with van der Waals surface area (Å²) in [5.41, 5.74) is 1.15. The van der Waals surface area contributed by atoms with Crippen molar-refractivity contribution in [2.45, 2.75) is 37.2 Å². The SMILES string of the molecule is CC1CN(C(=O)CCS(=O)(=O)c2ccccc2)CC(C)N1c1ccccc1. The number of carbonyl (C=O) groups excluding carboxylic acids is 1. The van der Waals surface area contributed by atoms with Gasteiger partial charge in [-0.25, -0.2) is 8.42 Å². The van der Waals surface area contributed by atoms with Gasteiger partial charge in [0.2, 0.25) is 5.91 Å². The molecule has 1 aliphatic rings. The van der Waals surface area contributed by atoms with Crippen LogP contribution in [0.25, 0.3) is 0 Å². The average molecular weight is 387 g/mol. The molecular weight excluding hydrogens is 360 g/mol. The Hall–Kier alpha value is -2.34. The van der Waals surface area contributed by atoms with Crippen LogP contribution in [0.5, 0.6) is 0 Å². The number of anilines is 1. The van der Waals surface area contributed by atoms with Gasteiger partial charge in [-0.2, -0.15) is 0 Å². The number of sulfone groups is 1. The van der Waals surface area contributed by atoms with Gasteiger partial charge in [-0.3, -0.25) is 4.79 Å². The molecule has 0 aromatic heterocycles. The largest absolute Gasteiger partial charge is 0.363 e. The molecule has 0 bridgehead atoms. The number of nitrogens with zero attached hydrogens (tertiary/aromatic N) is 2. The van der Waals surface area contributed by atoms with E-state index in [1.54, 1.807) is 35.2 Å². The van der Waals surface area contributed by atoms with Crippen molar-refractivity contribution < 1.29 is 13.2 Å². The zero-order chi connectivity index (χ0) is 19.4. The van der Waals surface area contributed by atoms with E-state index >= 15 is 0 Å². The van der Waals surface area contributed by atoms with Crippen LogP contribution in [0.15, 0.2) is 65.6 Å². The van der Waals surface area contributed by atoms with E-state index in [9.17, 15) is 13.2 Å². The van der Waals surface area contributed by atoms with E-state index in [1.165, 1.54) is 0 Å². The summed E-state index contributed by atoms with van der Waals surface area (Å²) in [6.07, 6.45) is 0.0159. The van der Waals surface area contributed by atoms with Gasteiger partial charge in [-0.15, -0.1) is 0 Å². The molecule has 2 aromatic rings. The maximum atomic E-state index is 12.7. The van der Waals surface area contributed by atoms with Crippen LogP contribution in [-0.2, 0) is 14.6 Å². The number of para-hydroxylation sites is 1. The zero-order valence-electron chi connectivity index (χ0n) is 15.8. The summed E-state index contributed by atoms with van der Waals surface area (Å²) in [4.78, 5) is 17.0. The lowest BCUT2D eigenvalue weighted by Crippen LogP contribution is -2.58. The molecule has 2 aromatic carbocycles. The molecule has 1 heterocycles. The van der Waals surface area contributed by atoms with Gasteiger partial charge in [0, 0.05) is 37.3 Å². The molecule has 5 nitrogen and oxygen atoms in total. The average Bonchev–Trinajstić information content (AvgIpc) is 2.67. The van der Waals surface area contributed by atoms with Crippen LogP contribution < -0.4 is 4.90 Å². The number of amides is 1. The predicted molar refractivity (Wildman–Crippen MR) is 108 cm³/mol. The fraction of sp³-hybridized carbons (Fsp3) is 0.381. The molecule has 3 rings (SSSR count). The molecule has 0 N–H and O–H groups in total. The van der Waals surface area contributed by atoms with E-state index in [4.69, 9.17) is 0 Å². The van der Waals surface area contributed by atoms with Gasteiger partial charge in [0.1, 0.15) is 0 Å². The summed E-state index contributed by atoms with van der Waals surface area (Å²) in [7, 11) is -3.43. The van der Waals surface area contributed by atoms with E-state index < -0.39 is 9.84 Å². The summed E-state index contributed by atoms with van der Waals surface area (Å²) in [5, 5.41) is 0. The smallest absolute Gasteiger partial charge is 0.223 e. The molecule has 6 heteroatoms. The molecule has 0 radical (unpaired) electrons. The number of hydrogen-bond acceptors (Lipinski definition) is 4. The Bertz CT molecular complexity index is 857. The minimum atomic E-state index is -3.43. The second-order valence-corrected chi connectivity index (χ2v) is 9.23. The second-order valence-electron chi connectivity index (χ2n) is 7.12. The lowest BCUT2D eigenvalue weighted by molar-refractivity contribution is -0.132. The molecule has 1 fully saturated rings. The number of hydrogen-bond donors (Lipinski definition) is 0. The zero-order valence-corrected chi connectivity index (χ0v) is 16.6. The maximum Gasteiger partial charge on any atom is 0.223 e. The van der Waals surface area contributed by atoms with Gasteiger partial charge < -0.3 is 9.80 Å². The first-order valence-electron chi connectivity index (χ1n) is 9.27. The van der Waals surface area contributed by atoms with Crippen molar-refractivity contribution >= 4 is 21.4 Å². The third-order valence-corrected chi connectivity index (χ3v) is 6.74. The minimum absolute atomic E-state index is 0.0159. The van der Waals surface area contributed by atoms with Crippen molar-refractivity contribution in [3.8, 4) is 0 Å². The molecule has 1 saturated heterocycles. The van der Waals surface area contributed by atoms with Gasteiger partial charge in [-0.05, 0) is 38.1 Å². The van der Waals surface area contributed by atoms with Crippen LogP contribution in [0, 0.1) is 0 Å². The van der Waals surface area contributed by atoms with Gasteiger partial charge in [-0.1, -0.05) is 36.4 Å². The maximum absolute atomic E-state index is 12.7. The third kappa shape index (κ3) is 4.50. The molecule has 27 heavy (non-hydrogen) atoms. The molecule has 1 amide bonds.